The molecule has 0 aromatic heterocycles. The highest BCUT2D eigenvalue weighted by molar-refractivity contribution is 7.47. The van der Waals surface area contributed by atoms with Crippen LogP contribution in [0.4, 0.5) is 0 Å². The standard InChI is InChI=1S/C53H63N2O7P/c1-53(2)60-51-47(34-40-18-6-3-7-19-40)54(36-42-22-16-24-44(32-42)38-58-49-28-12-14-30-56-49)63(62-46-26-10-5-11-27-46)55(48(52(51)61-53)35-41-20-8-4-9-21-41)37-43-23-17-25-45(33-43)39-59-50-29-13-15-31-57-50/h3-11,16-27,32-33,47-52H,12-15,28-31,34-39H2,1-2H3/t47-,48+,49?,50?,51-,52-,63?/m0/s1. The molecule has 0 saturated carbocycles. The van der Waals surface area contributed by atoms with Crippen molar-refractivity contribution in [1.29, 1.82) is 0 Å². The van der Waals surface area contributed by atoms with E-state index in [9.17, 15) is 0 Å². The second-order valence-electron chi connectivity index (χ2n) is 17.8. The fraction of sp³-hybridized carbons (Fsp3) is 0.434. The van der Waals surface area contributed by atoms with Gasteiger partial charge in [-0.25, -0.2) is 9.34 Å². The summed E-state index contributed by atoms with van der Waals surface area (Å²) in [5.41, 5.74) is 7.10. The van der Waals surface area contributed by atoms with E-state index in [0.29, 0.717) is 26.3 Å². The van der Waals surface area contributed by atoms with Crippen LogP contribution in [0.1, 0.15) is 85.8 Å². The molecule has 5 aromatic rings. The highest BCUT2D eigenvalue weighted by Crippen LogP contribution is 2.56. The molecule has 3 unspecified atom stereocenters. The first kappa shape index (κ1) is 44.2. The van der Waals surface area contributed by atoms with E-state index in [0.717, 1.165) is 81.5 Å². The largest absolute Gasteiger partial charge is 0.444 e. The number of para-hydroxylation sites is 1. The van der Waals surface area contributed by atoms with E-state index in [1.54, 1.807) is 0 Å². The summed E-state index contributed by atoms with van der Waals surface area (Å²) >= 11 is 0. The SMILES string of the molecule is CC1(C)O[C@@H]2[C@@H](O1)[C@H](Cc1ccccc1)N(Cc1cccc(COC3CCCCO3)c1)P(Oc1ccccc1)N(Cc1cccc(COC3CCCCO3)c1)[C@@H]2Cc1ccccc1. The maximum atomic E-state index is 7.50. The Morgan fingerprint density at radius 3 is 1.40 bits per heavy atom. The molecule has 0 radical (unpaired) electrons. The number of ether oxygens (including phenoxy) is 6. The fourth-order valence-electron chi connectivity index (χ4n) is 9.42. The van der Waals surface area contributed by atoms with E-state index in [1.165, 1.54) is 22.3 Å². The van der Waals surface area contributed by atoms with Crippen LogP contribution in [0, 0.1) is 0 Å². The van der Waals surface area contributed by atoms with Gasteiger partial charge in [-0.1, -0.05) is 127 Å². The summed E-state index contributed by atoms with van der Waals surface area (Å²) in [6.45, 7) is 7.89. The number of rotatable bonds is 16. The number of benzene rings is 5. The van der Waals surface area contributed by atoms with Crippen molar-refractivity contribution in [3.8, 4) is 5.75 Å². The van der Waals surface area contributed by atoms with Gasteiger partial charge in [0, 0.05) is 26.3 Å². The monoisotopic (exact) mass is 870 g/mol. The van der Waals surface area contributed by atoms with Gasteiger partial charge in [0.15, 0.2) is 18.4 Å². The number of nitrogens with zero attached hydrogens (tertiary/aromatic N) is 2. The molecule has 7 atom stereocenters. The Hall–Kier alpha value is -3.99. The van der Waals surface area contributed by atoms with Crippen molar-refractivity contribution in [2.24, 2.45) is 0 Å². The first-order chi connectivity index (χ1) is 30.9. The zero-order chi connectivity index (χ0) is 42.9. The third-order valence-electron chi connectivity index (χ3n) is 12.5. The lowest BCUT2D eigenvalue weighted by atomic mass is 9.91. The van der Waals surface area contributed by atoms with Crippen LogP contribution in [0.5, 0.6) is 5.75 Å². The lowest BCUT2D eigenvalue weighted by Gasteiger charge is -2.42. The maximum Gasteiger partial charge on any atom is 0.249 e. The van der Waals surface area contributed by atoms with Crippen molar-refractivity contribution in [3.63, 3.8) is 0 Å². The molecule has 332 valence electrons. The summed E-state index contributed by atoms with van der Waals surface area (Å²) in [6.07, 6.45) is 6.97. The van der Waals surface area contributed by atoms with E-state index >= 15 is 0 Å². The van der Waals surface area contributed by atoms with Crippen molar-refractivity contribution in [2.75, 3.05) is 13.2 Å². The maximum absolute atomic E-state index is 7.50. The Bertz CT molecular complexity index is 2020. The summed E-state index contributed by atoms with van der Waals surface area (Å²) in [5, 5.41) is 0. The molecule has 9 rings (SSSR count). The molecule has 4 heterocycles. The molecule has 5 aromatic carbocycles. The summed E-state index contributed by atoms with van der Waals surface area (Å²) in [6, 6.07) is 49.4. The smallest absolute Gasteiger partial charge is 0.249 e. The number of hydrogen-bond acceptors (Lipinski definition) is 9. The first-order valence-corrected chi connectivity index (χ1v) is 24.2. The molecule has 0 N–H and O–H groups in total. The Kier molecular flexibility index (Phi) is 15.0. The van der Waals surface area contributed by atoms with Gasteiger partial charge in [-0.3, -0.25) is 0 Å². The van der Waals surface area contributed by atoms with Crippen LogP contribution in [0.3, 0.4) is 0 Å². The zero-order valence-electron chi connectivity index (χ0n) is 36.8. The minimum atomic E-state index is -1.53. The van der Waals surface area contributed by atoms with Crippen LogP contribution in [0.15, 0.2) is 140 Å². The molecule has 0 bridgehead atoms. The molecule has 4 saturated heterocycles. The molecule has 0 aliphatic carbocycles. The van der Waals surface area contributed by atoms with Gasteiger partial charge < -0.3 is 32.9 Å². The quantitative estimate of drug-likeness (QED) is 0.0902. The molecule has 0 spiro atoms. The van der Waals surface area contributed by atoms with Gasteiger partial charge >= 0.3 is 0 Å². The van der Waals surface area contributed by atoms with Crippen molar-refractivity contribution in [1.82, 2.24) is 9.34 Å². The first-order valence-electron chi connectivity index (χ1n) is 23.0. The highest BCUT2D eigenvalue weighted by Gasteiger charge is 2.57. The Labute approximate surface area is 375 Å². The molecule has 4 fully saturated rings. The Balaban J connectivity index is 1.14. The van der Waals surface area contributed by atoms with Crippen LogP contribution >= 0.6 is 8.45 Å². The van der Waals surface area contributed by atoms with E-state index in [1.807, 2.05) is 6.07 Å². The molecular formula is C53H63N2O7P. The van der Waals surface area contributed by atoms with Crippen molar-refractivity contribution >= 4 is 8.45 Å². The van der Waals surface area contributed by atoms with Crippen molar-refractivity contribution < 1.29 is 32.9 Å². The summed E-state index contributed by atoms with van der Waals surface area (Å²) in [7, 11) is -1.53. The Morgan fingerprint density at radius 2 is 0.952 bits per heavy atom. The molecule has 9 nitrogen and oxygen atoms in total. The van der Waals surface area contributed by atoms with E-state index in [2.05, 4.69) is 157 Å². The van der Waals surface area contributed by atoms with Crippen LogP contribution in [0.25, 0.3) is 0 Å². The van der Waals surface area contributed by atoms with E-state index < -0.39 is 14.2 Å². The highest BCUT2D eigenvalue weighted by atomic mass is 31.2. The second-order valence-corrected chi connectivity index (χ2v) is 19.5. The second kappa shape index (κ2) is 21.3. The van der Waals surface area contributed by atoms with E-state index in [-0.39, 0.29) is 36.9 Å². The third kappa shape index (κ3) is 11.8. The Morgan fingerprint density at radius 1 is 0.524 bits per heavy atom. The predicted molar refractivity (Wildman–Crippen MR) is 246 cm³/mol. The van der Waals surface area contributed by atoms with Crippen LogP contribution in [-0.2, 0) is 67.6 Å². The van der Waals surface area contributed by atoms with Gasteiger partial charge in [0.05, 0.1) is 25.3 Å². The molecule has 63 heavy (non-hydrogen) atoms. The summed E-state index contributed by atoms with van der Waals surface area (Å²) < 4.78 is 51.6. The molecular weight excluding hydrogens is 808 g/mol. The summed E-state index contributed by atoms with van der Waals surface area (Å²) in [4.78, 5) is 0. The van der Waals surface area contributed by atoms with Crippen molar-refractivity contribution in [3.05, 3.63) is 173 Å². The van der Waals surface area contributed by atoms with Gasteiger partial charge in [0.2, 0.25) is 8.45 Å². The fourth-order valence-corrected chi connectivity index (χ4v) is 11.7. The van der Waals surface area contributed by atoms with Gasteiger partial charge in [-0.15, -0.1) is 0 Å². The van der Waals surface area contributed by atoms with E-state index in [4.69, 9.17) is 32.9 Å². The molecule has 0 amide bonds. The van der Waals surface area contributed by atoms with Gasteiger partial charge in [-0.2, -0.15) is 0 Å². The van der Waals surface area contributed by atoms with Crippen molar-refractivity contribution in [2.45, 2.75) is 134 Å². The van der Waals surface area contributed by atoms with Gasteiger partial charge in [-0.05, 0) is 111 Å². The normalized spacial score (nSPS) is 26.5. The van der Waals surface area contributed by atoms with Gasteiger partial charge in [0.25, 0.3) is 0 Å². The topological polar surface area (TPSA) is 71.1 Å². The average Bonchev–Trinajstić information content (AvgIpc) is 3.62. The van der Waals surface area contributed by atoms with Gasteiger partial charge in [0.1, 0.15) is 18.0 Å². The predicted octanol–water partition coefficient (Wildman–Crippen LogP) is 11.1. The third-order valence-corrected chi connectivity index (χ3v) is 14.6. The average molecular weight is 871 g/mol. The van der Waals surface area contributed by atoms with Crippen LogP contribution < -0.4 is 4.52 Å². The lowest BCUT2D eigenvalue weighted by Crippen LogP contribution is -2.48. The molecule has 10 heteroatoms. The number of hydrogen-bond donors (Lipinski definition) is 0. The minimum Gasteiger partial charge on any atom is -0.444 e. The zero-order valence-corrected chi connectivity index (χ0v) is 37.7. The molecule has 4 aliphatic heterocycles. The molecule has 4 aliphatic rings. The van der Waals surface area contributed by atoms with Crippen LogP contribution in [-0.4, -0.2) is 65.2 Å². The number of fused-ring (bicyclic) bond motifs is 1. The van der Waals surface area contributed by atoms with Crippen LogP contribution in [0.2, 0.25) is 0 Å². The summed E-state index contributed by atoms with van der Waals surface area (Å²) in [5.74, 6) is 0.0300. The minimum absolute atomic E-state index is 0.108. The lowest BCUT2D eigenvalue weighted by molar-refractivity contribution is -0.169.